The molecule has 120 valence electrons. The van der Waals surface area contributed by atoms with Crippen LogP contribution in [0.15, 0.2) is 60.7 Å². The van der Waals surface area contributed by atoms with E-state index in [0.717, 1.165) is 12.8 Å². The number of nitrogens with one attached hydrogen (secondary N) is 1. The number of aliphatic hydroxyl groups is 1. The van der Waals surface area contributed by atoms with E-state index in [0.29, 0.717) is 23.9 Å². The van der Waals surface area contributed by atoms with Crippen molar-refractivity contribution in [3.8, 4) is 0 Å². The van der Waals surface area contributed by atoms with Gasteiger partial charge in [0.05, 0.1) is 13.2 Å². The minimum absolute atomic E-state index is 0.178. The van der Waals surface area contributed by atoms with Crippen molar-refractivity contribution >= 4 is 0 Å². The summed E-state index contributed by atoms with van der Waals surface area (Å²) in [6.07, 6.45) is 3.36. The average molecular weight is 308 g/mol. The molecule has 4 rings (SSSR count). The van der Waals surface area contributed by atoms with Crippen LogP contribution in [0.1, 0.15) is 42.5 Å². The quantitative estimate of drug-likeness (QED) is 0.876. The first-order valence-corrected chi connectivity index (χ1v) is 8.88. The van der Waals surface area contributed by atoms with Gasteiger partial charge in [0, 0.05) is 23.0 Å². The molecular formula is C21H26NO+. The molecule has 2 unspecified atom stereocenters. The van der Waals surface area contributed by atoms with E-state index in [2.05, 4.69) is 67.7 Å². The third-order valence-corrected chi connectivity index (χ3v) is 6.11. The largest absolute Gasteiger partial charge is 0.392 e. The van der Waals surface area contributed by atoms with E-state index >= 15 is 0 Å². The normalized spacial score (nSPS) is 36.6. The van der Waals surface area contributed by atoms with Gasteiger partial charge in [-0.1, -0.05) is 67.1 Å². The Bertz CT molecular complexity index is 586. The molecule has 2 bridgehead atoms. The summed E-state index contributed by atoms with van der Waals surface area (Å²) in [6, 6.07) is 22.4. The van der Waals surface area contributed by atoms with Crippen LogP contribution in [0.5, 0.6) is 0 Å². The van der Waals surface area contributed by atoms with Crippen molar-refractivity contribution in [3.05, 3.63) is 71.8 Å². The molecule has 2 heteroatoms. The number of aliphatic hydroxyl groups excluding tert-OH is 1. The van der Waals surface area contributed by atoms with Gasteiger partial charge < -0.3 is 10.0 Å². The van der Waals surface area contributed by atoms with E-state index < -0.39 is 0 Å². The molecule has 2 N–H and O–H groups in total. The average Bonchev–Trinajstić information content (AvgIpc) is 2.59. The number of benzene rings is 2. The summed E-state index contributed by atoms with van der Waals surface area (Å²) in [5, 5.41) is 11.1. The number of rotatable bonds is 2. The van der Waals surface area contributed by atoms with E-state index in [1.54, 1.807) is 4.90 Å². The SMILES string of the molecule is C[NH+]1[C@H](c2ccccc2)[C@H]2CCC[C@H](C2O)[C@@H]1c1ccccc1. The van der Waals surface area contributed by atoms with Crippen molar-refractivity contribution in [2.24, 2.45) is 11.8 Å². The summed E-state index contributed by atoms with van der Waals surface area (Å²) in [6.45, 7) is 0. The Labute approximate surface area is 138 Å². The zero-order chi connectivity index (χ0) is 15.8. The van der Waals surface area contributed by atoms with Crippen LogP contribution in [0, 0.1) is 11.8 Å². The molecule has 23 heavy (non-hydrogen) atoms. The summed E-state index contributed by atoms with van der Waals surface area (Å²) >= 11 is 0. The van der Waals surface area contributed by atoms with Crippen LogP contribution in [-0.4, -0.2) is 18.3 Å². The fraction of sp³-hybridized carbons (Fsp3) is 0.429. The van der Waals surface area contributed by atoms with Crippen LogP contribution in [0.4, 0.5) is 0 Å². The summed E-state index contributed by atoms with van der Waals surface area (Å²) < 4.78 is 0. The summed E-state index contributed by atoms with van der Waals surface area (Å²) in [5.41, 5.74) is 2.74. The predicted molar refractivity (Wildman–Crippen MR) is 92.1 cm³/mol. The van der Waals surface area contributed by atoms with E-state index in [1.807, 2.05) is 0 Å². The van der Waals surface area contributed by atoms with Gasteiger partial charge in [0.15, 0.2) is 0 Å². The first-order chi connectivity index (χ1) is 11.3. The zero-order valence-electron chi connectivity index (χ0n) is 13.7. The standard InChI is InChI=1S/C21H25NO/c1-22-19(15-9-4-2-5-10-15)17-13-8-14-18(21(17)23)20(22)16-11-6-3-7-12-16/h2-7,9-12,17-21,23H,8,13-14H2,1H3/p+1/t17-,18+,19-,20+,21?. The third kappa shape index (κ3) is 2.50. The van der Waals surface area contributed by atoms with Crippen molar-refractivity contribution in [1.29, 1.82) is 0 Å². The lowest BCUT2D eigenvalue weighted by Gasteiger charge is -2.51. The van der Waals surface area contributed by atoms with Gasteiger partial charge in [0.2, 0.25) is 0 Å². The van der Waals surface area contributed by atoms with E-state index in [-0.39, 0.29) is 6.10 Å². The summed E-state index contributed by atoms with van der Waals surface area (Å²) in [4.78, 5) is 1.54. The second-order valence-electron chi connectivity index (χ2n) is 7.27. The van der Waals surface area contributed by atoms with Crippen molar-refractivity contribution in [2.45, 2.75) is 37.5 Å². The topological polar surface area (TPSA) is 24.7 Å². The van der Waals surface area contributed by atoms with E-state index in [1.165, 1.54) is 17.5 Å². The van der Waals surface area contributed by atoms with Crippen LogP contribution in [0.3, 0.4) is 0 Å². The molecule has 2 aromatic carbocycles. The molecule has 2 aliphatic rings. The molecule has 1 saturated carbocycles. The van der Waals surface area contributed by atoms with Crippen molar-refractivity contribution in [1.82, 2.24) is 0 Å². The van der Waals surface area contributed by atoms with Gasteiger partial charge in [-0.15, -0.1) is 0 Å². The van der Waals surface area contributed by atoms with Crippen LogP contribution in [0.25, 0.3) is 0 Å². The summed E-state index contributed by atoms with van der Waals surface area (Å²) in [5.74, 6) is 0.771. The maximum Gasteiger partial charge on any atom is 0.119 e. The Morgan fingerprint density at radius 2 is 1.22 bits per heavy atom. The minimum atomic E-state index is -0.178. The number of likely N-dealkylation sites (tertiary alicyclic amines) is 1. The van der Waals surface area contributed by atoms with Crippen LogP contribution >= 0.6 is 0 Å². The molecule has 2 aromatic rings. The Morgan fingerprint density at radius 3 is 1.65 bits per heavy atom. The summed E-state index contributed by atoms with van der Waals surface area (Å²) in [7, 11) is 2.33. The van der Waals surface area contributed by atoms with Gasteiger partial charge >= 0.3 is 0 Å². The number of fused-ring (bicyclic) bond motifs is 2. The minimum Gasteiger partial charge on any atom is -0.392 e. The molecule has 1 heterocycles. The smallest absolute Gasteiger partial charge is 0.119 e. The molecule has 2 fully saturated rings. The second-order valence-corrected chi connectivity index (χ2v) is 7.27. The first-order valence-electron chi connectivity index (χ1n) is 8.88. The van der Waals surface area contributed by atoms with Crippen LogP contribution < -0.4 is 4.90 Å². The van der Waals surface area contributed by atoms with E-state index in [4.69, 9.17) is 0 Å². The Balaban J connectivity index is 1.78. The molecular weight excluding hydrogens is 282 g/mol. The fourth-order valence-corrected chi connectivity index (χ4v) is 5.19. The van der Waals surface area contributed by atoms with Crippen molar-refractivity contribution in [2.75, 3.05) is 7.05 Å². The molecule has 1 aliphatic heterocycles. The maximum absolute atomic E-state index is 11.1. The van der Waals surface area contributed by atoms with Gasteiger partial charge in [-0.05, 0) is 12.8 Å². The molecule has 0 aromatic heterocycles. The number of hydrogen-bond acceptors (Lipinski definition) is 1. The second kappa shape index (κ2) is 6.10. The van der Waals surface area contributed by atoms with Crippen molar-refractivity contribution < 1.29 is 10.0 Å². The highest BCUT2D eigenvalue weighted by Crippen LogP contribution is 2.44. The Kier molecular flexibility index (Phi) is 3.96. The lowest BCUT2D eigenvalue weighted by atomic mass is 9.65. The Hall–Kier alpha value is -1.64. The molecule has 0 amide bonds. The highest BCUT2D eigenvalue weighted by molar-refractivity contribution is 5.23. The molecule has 6 atom stereocenters. The third-order valence-electron chi connectivity index (χ3n) is 6.11. The van der Waals surface area contributed by atoms with Gasteiger partial charge in [0.1, 0.15) is 12.1 Å². The van der Waals surface area contributed by atoms with Gasteiger partial charge in [0.25, 0.3) is 0 Å². The Morgan fingerprint density at radius 1 is 0.783 bits per heavy atom. The molecule has 2 nitrogen and oxygen atoms in total. The highest BCUT2D eigenvalue weighted by Gasteiger charge is 2.52. The first kappa shape index (κ1) is 14.9. The highest BCUT2D eigenvalue weighted by atomic mass is 16.3. The molecule has 1 aliphatic carbocycles. The van der Waals surface area contributed by atoms with Gasteiger partial charge in [-0.2, -0.15) is 0 Å². The van der Waals surface area contributed by atoms with Crippen LogP contribution in [0.2, 0.25) is 0 Å². The number of piperidine rings is 1. The maximum atomic E-state index is 11.1. The lowest BCUT2D eigenvalue weighted by Crippen LogP contribution is -3.13. The molecule has 0 spiro atoms. The zero-order valence-corrected chi connectivity index (χ0v) is 13.7. The number of hydrogen-bond donors (Lipinski definition) is 2. The van der Waals surface area contributed by atoms with Gasteiger partial charge in [-0.3, -0.25) is 0 Å². The van der Waals surface area contributed by atoms with E-state index in [9.17, 15) is 5.11 Å². The fourth-order valence-electron chi connectivity index (χ4n) is 5.19. The van der Waals surface area contributed by atoms with Gasteiger partial charge in [-0.25, -0.2) is 0 Å². The molecule has 1 saturated heterocycles. The molecule has 0 radical (unpaired) electrons. The van der Waals surface area contributed by atoms with Crippen LogP contribution in [-0.2, 0) is 0 Å². The lowest BCUT2D eigenvalue weighted by molar-refractivity contribution is -0.961. The monoisotopic (exact) mass is 308 g/mol. The van der Waals surface area contributed by atoms with Crippen molar-refractivity contribution in [3.63, 3.8) is 0 Å². The number of quaternary nitrogens is 1. The predicted octanol–water partition coefficient (Wildman–Crippen LogP) is 2.77.